The van der Waals surface area contributed by atoms with Gasteiger partial charge in [0.25, 0.3) is 5.91 Å². The second kappa shape index (κ2) is 9.17. The van der Waals surface area contributed by atoms with E-state index in [0.717, 1.165) is 12.8 Å². The second-order valence-electron chi connectivity index (χ2n) is 5.79. The van der Waals surface area contributed by atoms with Crippen LogP contribution in [0.1, 0.15) is 35.0 Å². The van der Waals surface area contributed by atoms with Crippen LogP contribution in [0.25, 0.3) is 0 Å². The van der Waals surface area contributed by atoms with E-state index in [1.807, 2.05) is 25.1 Å². The number of nitrogens with one attached hydrogen (secondary N) is 2. The number of benzene rings is 1. The third-order valence-electron chi connectivity index (χ3n) is 3.74. The summed E-state index contributed by atoms with van der Waals surface area (Å²) >= 11 is 1.19. The van der Waals surface area contributed by atoms with Gasteiger partial charge in [-0.2, -0.15) is 4.37 Å². The van der Waals surface area contributed by atoms with Crippen molar-refractivity contribution in [1.82, 2.24) is 9.69 Å². The number of carbonyl (C=O) groups excluding carboxylic acids is 2. The molecule has 2 rings (SSSR count). The summed E-state index contributed by atoms with van der Waals surface area (Å²) in [5.74, 6) is -0.844. The lowest BCUT2D eigenvalue weighted by Crippen LogP contribution is -2.36. The molecule has 1 aromatic carbocycles. The number of aromatic nitrogens is 1. The van der Waals surface area contributed by atoms with E-state index in [2.05, 4.69) is 27.1 Å². The molecule has 0 aliphatic heterocycles. The van der Waals surface area contributed by atoms with Gasteiger partial charge in [0.2, 0.25) is 0 Å². The zero-order valence-corrected chi connectivity index (χ0v) is 15.5. The number of carbonyl (C=O) groups is 2. The van der Waals surface area contributed by atoms with E-state index >= 15 is 0 Å². The summed E-state index contributed by atoms with van der Waals surface area (Å²) in [6.45, 7) is 3.38. The standard InChI is InChI=1S/C18H23N3O3S/c1-12(9-10-14-7-5-4-6-8-14)20-15(22)11-24-18(23)16-13(2)21-25-17(16)19-3/h4-8,12,19H,9-11H2,1-3H3,(H,20,22). The first-order valence-electron chi connectivity index (χ1n) is 8.15. The van der Waals surface area contributed by atoms with Crippen LogP contribution in [-0.2, 0) is 16.0 Å². The molecule has 1 aromatic heterocycles. The molecular formula is C18H23N3O3S. The first-order valence-corrected chi connectivity index (χ1v) is 8.93. The van der Waals surface area contributed by atoms with Crippen LogP contribution in [0.3, 0.4) is 0 Å². The maximum Gasteiger partial charge on any atom is 0.343 e. The Kier molecular flexibility index (Phi) is 6.94. The molecule has 0 saturated heterocycles. The highest BCUT2D eigenvalue weighted by Crippen LogP contribution is 2.24. The monoisotopic (exact) mass is 361 g/mol. The van der Waals surface area contributed by atoms with Gasteiger partial charge in [0, 0.05) is 13.1 Å². The van der Waals surface area contributed by atoms with Gasteiger partial charge in [0.1, 0.15) is 10.6 Å². The number of esters is 1. The molecule has 0 fully saturated rings. The SMILES string of the molecule is CNc1snc(C)c1C(=O)OCC(=O)NC(C)CCc1ccccc1. The molecular weight excluding hydrogens is 338 g/mol. The maximum absolute atomic E-state index is 12.1. The van der Waals surface area contributed by atoms with Crippen molar-refractivity contribution in [3.63, 3.8) is 0 Å². The van der Waals surface area contributed by atoms with Crippen LogP contribution in [0.5, 0.6) is 0 Å². The number of anilines is 1. The predicted molar refractivity (Wildman–Crippen MR) is 99.0 cm³/mol. The van der Waals surface area contributed by atoms with Gasteiger partial charge in [0.05, 0.1) is 5.69 Å². The predicted octanol–water partition coefficient (Wildman–Crippen LogP) is 2.79. The van der Waals surface area contributed by atoms with Crippen molar-refractivity contribution in [2.75, 3.05) is 19.0 Å². The van der Waals surface area contributed by atoms with Crippen molar-refractivity contribution in [3.8, 4) is 0 Å². The first kappa shape index (κ1) is 18.9. The molecule has 0 aliphatic carbocycles. The van der Waals surface area contributed by atoms with Crippen LogP contribution >= 0.6 is 11.5 Å². The van der Waals surface area contributed by atoms with Crippen molar-refractivity contribution in [2.45, 2.75) is 32.7 Å². The van der Waals surface area contributed by atoms with Crippen LogP contribution in [0.4, 0.5) is 5.00 Å². The van der Waals surface area contributed by atoms with E-state index in [-0.39, 0.29) is 18.6 Å². The van der Waals surface area contributed by atoms with Crippen LogP contribution in [0.2, 0.25) is 0 Å². The zero-order valence-electron chi connectivity index (χ0n) is 14.7. The second-order valence-corrected chi connectivity index (χ2v) is 6.56. The van der Waals surface area contributed by atoms with Crippen molar-refractivity contribution >= 4 is 28.4 Å². The van der Waals surface area contributed by atoms with E-state index in [4.69, 9.17) is 4.74 Å². The van der Waals surface area contributed by atoms with Crippen molar-refractivity contribution < 1.29 is 14.3 Å². The van der Waals surface area contributed by atoms with Crippen molar-refractivity contribution in [2.24, 2.45) is 0 Å². The molecule has 0 radical (unpaired) electrons. The highest BCUT2D eigenvalue weighted by molar-refractivity contribution is 7.10. The van der Waals surface area contributed by atoms with Gasteiger partial charge >= 0.3 is 5.97 Å². The Morgan fingerprint density at radius 1 is 1.28 bits per heavy atom. The normalized spacial score (nSPS) is 11.6. The summed E-state index contributed by atoms with van der Waals surface area (Å²) in [4.78, 5) is 24.1. The van der Waals surface area contributed by atoms with Crippen LogP contribution in [0.15, 0.2) is 30.3 Å². The summed E-state index contributed by atoms with van der Waals surface area (Å²) in [5.41, 5.74) is 2.21. The highest BCUT2D eigenvalue weighted by atomic mass is 32.1. The van der Waals surface area contributed by atoms with Gasteiger partial charge in [-0.15, -0.1) is 0 Å². The average Bonchev–Trinajstić information content (AvgIpc) is 2.99. The molecule has 0 spiro atoms. The van der Waals surface area contributed by atoms with Gasteiger partial charge in [-0.25, -0.2) is 4.79 Å². The molecule has 1 atom stereocenters. The van der Waals surface area contributed by atoms with Gasteiger partial charge in [-0.3, -0.25) is 4.79 Å². The van der Waals surface area contributed by atoms with E-state index in [9.17, 15) is 9.59 Å². The van der Waals surface area contributed by atoms with Gasteiger partial charge in [-0.1, -0.05) is 30.3 Å². The fraction of sp³-hybridized carbons (Fsp3) is 0.389. The molecule has 0 bridgehead atoms. The molecule has 1 amide bonds. The average molecular weight is 361 g/mol. The molecule has 2 N–H and O–H groups in total. The largest absolute Gasteiger partial charge is 0.452 e. The minimum Gasteiger partial charge on any atom is -0.452 e. The smallest absolute Gasteiger partial charge is 0.343 e. The lowest BCUT2D eigenvalue weighted by molar-refractivity contribution is -0.124. The fourth-order valence-electron chi connectivity index (χ4n) is 2.40. The Morgan fingerprint density at radius 2 is 2.00 bits per heavy atom. The number of aryl methyl sites for hydroxylation is 2. The summed E-state index contributed by atoms with van der Waals surface area (Å²) in [7, 11) is 1.71. The number of ether oxygens (including phenoxy) is 1. The number of hydrogen-bond donors (Lipinski definition) is 2. The summed E-state index contributed by atoms with van der Waals surface area (Å²) < 4.78 is 9.23. The summed E-state index contributed by atoms with van der Waals surface area (Å²) in [5, 5.41) is 6.39. The lowest BCUT2D eigenvalue weighted by atomic mass is 10.1. The molecule has 134 valence electrons. The summed E-state index contributed by atoms with van der Waals surface area (Å²) in [6, 6.07) is 10.1. The molecule has 7 heteroatoms. The van der Waals surface area contributed by atoms with Gasteiger partial charge in [0.15, 0.2) is 6.61 Å². The Balaban J connectivity index is 1.76. The van der Waals surface area contributed by atoms with Crippen LogP contribution < -0.4 is 10.6 Å². The number of rotatable bonds is 8. The third-order valence-corrected chi connectivity index (χ3v) is 4.70. The Morgan fingerprint density at radius 3 is 2.68 bits per heavy atom. The van der Waals surface area contributed by atoms with E-state index in [0.29, 0.717) is 16.3 Å². The number of nitrogens with zero attached hydrogens (tertiary/aromatic N) is 1. The quantitative estimate of drug-likeness (QED) is 0.707. The lowest BCUT2D eigenvalue weighted by Gasteiger charge is -2.14. The minimum atomic E-state index is -0.539. The highest BCUT2D eigenvalue weighted by Gasteiger charge is 2.20. The molecule has 0 aliphatic rings. The minimum absolute atomic E-state index is 0.00354. The van der Waals surface area contributed by atoms with Crippen molar-refractivity contribution in [1.29, 1.82) is 0 Å². The first-order chi connectivity index (χ1) is 12.0. The van der Waals surface area contributed by atoms with Crippen LogP contribution in [-0.4, -0.2) is 35.9 Å². The zero-order chi connectivity index (χ0) is 18.2. The maximum atomic E-state index is 12.1. The molecule has 1 heterocycles. The fourth-order valence-corrected chi connectivity index (χ4v) is 3.13. The van der Waals surface area contributed by atoms with Gasteiger partial charge < -0.3 is 15.4 Å². The third kappa shape index (κ3) is 5.56. The Labute approximate surface area is 151 Å². The molecule has 6 nitrogen and oxygen atoms in total. The van der Waals surface area contributed by atoms with Gasteiger partial charge in [-0.05, 0) is 43.8 Å². The van der Waals surface area contributed by atoms with Crippen molar-refractivity contribution in [3.05, 3.63) is 47.2 Å². The van der Waals surface area contributed by atoms with E-state index in [1.54, 1.807) is 14.0 Å². The topological polar surface area (TPSA) is 80.3 Å². The summed E-state index contributed by atoms with van der Waals surface area (Å²) in [6.07, 6.45) is 1.70. The number of hydrogen-bond acceptors (Lipinski definition) is 6. The molecule has 1 unspecified atom stereocenters. The Hall–Kier alpha value is -2.41. The van der Waals surface area contributed by atoms with E-state index in [1.165, 1.54) is 17.1 Å². The Bertz CT molecular complexity index is 716. The molecule has 0 saturated carbocycles. The molecule has 2 aromatic rings. The van der Waals surface area contributed by atoms with Crippen LogP contribution in [0, 0.1) is 6.92 Å². The molecule has 25 heavy (non-hydrogen) atoms. The number of amides is 1. The van der Waals surface area contributed by atoms with E-state index < -0.39 is 5.97 Å².